The first-order chi connectivity index (χ1) is 12.2. The normalized spacial score (nSPS) is 10.8. The summed E-state index contributed by atoms with van der Waals surface area (Å²) in [5, 5.41) is 0.709. The zero-order valence-electron chi connectivity index (χ0n) is 13.8. The molecule has 0 spiro atoms. The number of ether oxygens (including phenoxy) is 1. The van der Waals surface area contributed by atoms with Gasteiger partial charge in [0.2, 0.25) is 0 Å². The van der Waals surface area contributed by atoms with Crippen molar-refractivity contribution in [3.63, 3.8) is 0 Å². The number of methoxy groups -OCH3 is 1. The molecule has 0 bridgehead atoms. The maximum atomic E-state index is 12.9. The Labute approximate surface area is 144 Å². The van der Waals surface area contributed by atoms with Gasteiger partial charge in [0.15, 0.2) is 0 Å². The molecule has 1 aromatic carbocycles. The number of rotatable bonds is 6. The maximum Gasteiger partial charge on any atom is 0.349 e. The Kier molecular flexibility index (Phi) is 5.20. The van der Waals surface area contributed by atoms with E-state index in [2.05, 4.69) is 4.98 Å². The summed E-state index contributed by atoms with van der Waals surface area (Å²) in [6.45, 7) is 1.09. The topological polar surface area (TPSA) is 72.6 Å². The van der Waals surface area contributed by atoms with Crippen LogP contribution in [0.5, 0.6) is 0 Å². The third-order valence-electron chi connectivity index (χ3n) is 3.85. The number of carbonyl (C=O) groups excluding carboxylic acids is 1. The lowest BCUT2D eigenvalue weighted by atomic mass is 10.1. The quantitative estimate of drug-likeness (QED) is 0.646. The van der Waals surface area contributed by atoms with E-state index >= 15 is 0 Å². The lowest BCUT2D eigenvalue weighted by Gasteiger charge is -2.22. The predicted molar refractivity (Wildman–Crippen MR) is 93.3 cm³/mol. The van der Waals surface area contributed by atoms with Crippen molar-refractivity contribution < 1.29 is 13.9 Å². The van der Waals surface area contributed by atoms with Crippen molar-refractivity contribution in [2.24, 2.45) is 0 Å². The van der Waals surface area contributed by atoms with Crippen molar-refractivity contribution >= 4 is 16.9 Å². The molecule has 0 unspecified atom stereocenters. The molecule has 0 radical (unpaired) electrons. The number of nitrogens with zero attached hydrogens (tertiary/aromatic N) is 2. The molecule has 0 N–H and O–H groups in total. The minimum absolute atomic E-state index is 0.0175. The van der Waals surface area contributed by atoms with Gasteiger partial charge in [0, 0.05) is 38.0 Å². The average Bonchev–Trinajstić information content (AvgIpc) is 2.65. The van der Waals surface area contributed by atoms with E-state index < -0.39 is 5.63 Å². The molecule has 0 aliphatic carbocycles. The first-order valence-corrected chi connectivity index (χ1v) is 7.89. The number of aromatic nitrogens is 1. The number of para-hydroxylation sites is 1. The third kappa shape index (κ3) is 3.92. The Hall–Kier alpha value is -2.99. The maximum absolute atomic E-state index is 12.9. The minimum Gasteiger partial charge on any atom is -0.422 e. The molecule has 6 heteroatoms. The van der Waals surface area contributed by atoms with Crippen LogP contribution in [-0.2, 0) is 11.3 Å². The standard InChI is InChI=1S/C19H18N2O4/c1-24-11-10-21(13-14-6-8-20-9-7-14)18(22)16-12-15-4-2-3-5-17(15)25-19(16)23/h2-9,12H,10-11,13H2,1H3. The molecule has 3 aromatic rings. The fourth-order valence-corrected chi connectivity index (χ4v) is 2.54. The lowest BCUT2D eigenvalue weighted by Crippen LogP contribution is -2.36. The van der Waals surface area contributed by atoms with Crippen molar-refractivity contribution in [2.75, 3.05) is 20.3 Å². The summed E-state index contributed by atoms with van der Waals surface area (Å²) in [5.41, 5.74) is 0.760. The zero-order valence-corrected chi connectivity index (χ0v) is 13.8. The van der Waals surface area contributed by atoms with E-state index in [1.807, 2.05) is 18.2 Å². The van der Waals surface area contributed by atoms with Gasteiger partial charge < -0.3 is 14.1 Å². The summed E-state index contributed by atoms with van der Waals surface area (Å²) >= 11 is 0. The highest BCUT2D eigenvalue weighted by molar-refractivity contribution is 5.96. The van der Waals surface area contributed by atoms with Crippen molar-refractivity contribution in [1.29, 1.82) is 0 Å². The third-order valence-corrected chi connectivity index (χ3v) is 3.85. The SMILES string of the molecule is COCCN(Cc1ccncc1)C(=O)c1cc2ccccc2oc1=O. The number of amides is 1. The Morgan fingerprint density at radius 2 is 1.96 bits per heavy atom. The van der Waals surface area contributed by atoms with Crippen LogP contribution in [0.25, 0.3) is 11.0 Å². The van der Waals surface area contributed by atoms with Gasteiger partial charge in [0.1, 0.15) is 11.1 Å². The summed E-state index contributed by atoms with van der Waals surface area (Å²) in [5.74, 6) is -0.381. The van der Waals surface area contributed by atoms with E-state index in [4.69, 9.17) is 9.15 Å². The van der Waals surface area contributed by atoms with Crippen molar-refractivity contribution in [3.05, 3.63) is 76.4 Å². The fourth-order valence-electron chi connectivity index (χ4n) is 2.54. The number of carbonyl (C=O) groups is 1. The number of pyridine rings is 1. The van der Waals surface area contributed by atoms with Gasteiger partial charge in [-0.15, -0.1) is 0 Å². The number of hydrogen-bond acceptors (Lipinski definition) is 5. The molecule has 0 aliphatic heterocycles. The molecule has 2 heterocycles. The van der Waals surface area contributed by atoms with Crippen molar-refractivity contribution in [1.82, 2.24) is 9.88 Å². The van der Waals surface area contributed by atoms with Crippen LogP contribution in [0, 0.1) is 0 Å². The van der Waals surface area contributed by atoms with Crippen LogP contribution in [-0.4, -0.2) is 36.1 Å². The summed E-state index contributed by atoms with van der Waals surface area (Å²) < 4.78 is 10.4. The van der Waals surface area contributed by atoms with Gasteiger partial charge in [0.05, 0.1) is 6.61 Å². The van der Waals surface area contributed by atoms with Gasteiger partial charge in [-0.3, -0.25) is 9.78 Å². The Morgan fingerprint density at radius 3 is 2.72 bits per heavy atom. The first kappa shape index (κ1) is 16.9. The number of benzene rings is 1. The largest absolute Gasteiger partial charge is 0.422 e. The van der Waals surface area contributed by atoms with E-state index in [0.717, 1.165) is 5.56 Å². The van der Waals surface area contributed by atoms with E-state index in [1.54, 1.807) is 48.7 Å². The molecule has 0 aliphatic rings. The summed E-state index contributed by atoms with van der Waals surface area (Å²) in [6.07, 6.45) is 3.33. The molecule has 0 atom stereocenters. The molecule has 25 heavy (non-hydrogen) atoms. The summed E-state index contributed by atoms with van der Waals surface area (Å²) in [4.78, 5) is 30.7. The smallest absolute Gasteiger partial charge is 0.349 e. The Balaban J connectivity index is 1.93. The minimum atomic E-state index is -0.638. The van der Waals surface area contributed by atoms with Crippen LogP contribution in [0.1, 0.15) is 15.9 Å². The summed E-state index contributed by atoms with van der Waals surface area (Å²) in [6, 6.07) is 12.3. The molecule has 0 saturated carbocycles. The molecule has 0 fully saturated rings. The molecule has 6 nitrogen and oxygen atoms in total. The van der Waals surface area contributed by atoms with Crippen LogP contribution in [0.2, 0.25) is 0 Å². The second-order valence-corrected chi connectivity index (χ2v) is 5.56. The highest BCUT2D eigenvalue weighted by Crippen LogP contribution is 2.15. The summed E-state index contributed by atoms with van der Waals surface area (Å²) in [7, 11) is 1.57. The van der Waals surface area contributed by atoms with Gasteiger partial charge in [-0.1, -0.05) is 18.2 Å². The van der Waals surface area contributed by atoms with Crippen molar-refractivity contribution in [3.8, 4) is 0 Å². The van der Waals surface area contributed by atoms with Crippen LogP contribution in [0.3, 0.4) is 0 Å². The van der Waals surface area contributed by atoms with Gasteiger partial charge >= 0.3 is 5.63 Å². The molecule has 128 valence electrons. The lowest BCUT2D eigenvalue weighted by molar-refractivity contribution is 0.0676. The van der Waals surface area contributed by atoms with E-state index in [9.17, 15) is 9.59 Å². The first-order valence-electron chi connectivity index (χ1n) is 7.89. The van der Waals surface area contributed by atoms with Crippen LogP contribution in [0.15, 0.2) is 64.1 Å². The van der Waals surface area contributed by atoms with E-state index in [-0.39, 0.29) is 11.5 Å². The highest BCUT2D eigenvalue weighted by Gasteiger charge is 2.20. The Morgan fingerprint density at radius 1 is 1.20 bits per heavy atom. The molecule has 1 amide bonds. The highest BCUT2D eigenvalue weighted by atomic mass is 16.5. The van der Waals surface area contributed by atoms with Gasteiger partial charge in [0.25, 0.3) is 5.91 Å². The molecular formula is C19H18N2O4. The molecule has 2 aromatic heterocycles. The number of hydrogen-bond donors (Lipinski definition) is 0. The fraction of sp³-hybridized carbons (Fsp3) is 0.211. The monoisotopic (exact) mass is 338 g/mol. The van der Waals surface area contributed by atoms with Crippen LogP contribution in [0.4, 0.5) is 0 Å². The second-order valence-electron chi connectivity index (χ2n) is 5.56. The second kappa shape index (κ2) is 7.72. The van der Waals surface area contributed by atoms with Crippen LogP contribution < -0.4 is 5.63 Å². The number of fused-ring (bicyclic) bond motifs is 1. The van der Waals surface area contributed by atoms with E-state index in [0.29, 0.717) is 30.7 Å². The molecule has 3 rings (SSSR count). The van der Waals surface area contributed by atoms with Crippen LogP contribution >= 0.6 is 0 Å². The molecule has 0 saturated heterocycles. The predicted octanol–water partition coefficient (Wildman–Crippen LogP) is 2.48. The van der Waals surface area contributed by atoms with Crippen molar-refractivity contribution in [2.45, 2.75) is 6.54 Å². The zero-order chi connectivity index (χ0) is 17.6. The van der Waals surface area contributed by atoms with Gasteiger partial charge in [-0.2, -0.15) is 0 Å². The van der Waals surface area contributed by atoms with E-state index in [1.165, 1.54) is 0 Å². The van der Waals surface area contributed by atoms with Gasteiger partial charge in [-0.05, 0) is 29.8 Å². The average molecular weight is 338 g/mol. The molecular weight excluding hydrogens is 320 g/mol. The van der Waals surface area contributed by atoms with Gasteiger partial charge in [-0.25, -0.2) is 4.79 Å². The Bertz CT molecular complexity index is 921.